The van der Waals surface area contributed by atoms with E-state index in [0.29, 0.717) is 11.7 Å². The van der Waals surface area contributed by atoms with Gasteiger partial charge in [0, 0.05) is 29.4 Å². The molecule has 1 heterocycles. The molecule has 116 valence electrons. The molecular weight excluding hydrogens is 270 g/mol. The second kappa shape index (κ2) is 4.47. The first kappa shape index (κ1) is 14.0. The SMILES string of the molecule is CC1(C)[C@@H]2CC[C@]1(C)C(=O)/C2=C/N1CCCc2ccccc21. The summed E-state index contributed by atoms with van der Waals surface area (Å²) in [6, 6.07) is 8.62. The number of carbonyl (C=O) groups excluding carboxylic acids is 1. The molecule has 2 nitrogen and oxygen atoms in total. The highest BCUT2D eigenvalue weighted by Crippen LogP contribution is 2.65. The zero-order chi connectivity index (χ0) is 15.5. The number of carbonyl (C=O) groups is 1. The third-order valence-corrected chi connectivity index (χ3v) is 6.81. The number of rotatable bonds is 1. The quantitative estimate of drug-likeness (QED) is 0.718. The number of aryl methyl sites for hydroxylation is 1. The van der Waals surface area contributed by atoms with E-state index in [4.69, 9.17) is 0 Å². The maximum atomic E-state index is 13.0. The van der Waals surface area contributed by atoms with Crippen LogP contribution in [0.3, 0.4) is 0 Å². The van der Waals surface area contributed by atoms with Crippen LogP contribution < -0.4 is 4.90 Å². The van der Waals surface area contributed by atoms with Crippen LogP contribution in [0.2, 0.25) is 0 Å². The molecule has 3 aliphatic rings. The van der Waals surface area contributed by atoms with Crippen molar-refractivity contribution in [3.05, 3.63) is 41.6 Å². The summed E-state index contributed by atoms with van der Waals surface area (Å²) in [6.07, 6.45) is 6.72. The Kier molecular flexibility index (Phi) is 2.85. The van der Waals surface area contributed by atoms with Crippen molar-refractivity contribution in [3.8, 4) is 0 Å². The minimum Gasteiger partial charge on any atom is -0.347 e. The van der Waals surface area contributed by atoms with E-state index in [0.717, 1.165) is 31.4 Å². The smallest absolute Gasteiger partial charge is 0.167 e. The van der Waals surface area contributed by atoms with E-state index in [9.17, 15) is 4.79 Å². The lowest BCUT2D eigenvalue weighted by atomic mass is 9.70. The maximum absolute atomic E-state index is 13.0. The van der Waals surface area contributed by atoms with Gasteiger partial charge in [0.15, 0.2) is 5.78 Å². The van der Waals surface area contributed by atoms with Crippen LogP contribution in [0.25, 0.3) is 0 Å². The number of benzene rings is 1. The number of para-hydroxylation sites is 1. The predicted molar refractivity (Wildman–Crippen MR) is 89.8 cm³/mol. The topological polar surface area (TPSA) is 20.3 Å². The summed E-state index contributed by atoms with van der Waals surface area (Å²) in [5.41, 5.74) is 3.73. The zero-order valence-electron chi connectivity index (χ0n) is 13.9. The van der Waals surface area contributed by atoms with Crippen LogP contribution in [0.1, 0.15) is 45.6 Å². The number of anilines is 1. The second-order valence-electron chi connectivity index (χ2n) is 7.98. The van der Waals surface area contributed by atoms with Crippen LogP contribution >= 0.6 is 0 Å². The summed E-state index contributed by atoms with van der Waals surface area (Å²) < 4.78 is 0. The lowest BCUT2D eigenvalue weighted by molar-refractivity contribution is -0.125. The number of hydrogen-bond donors (Lipinski definition) is 0. The molecule has 2 heteroatoms. The van der Waals surface area contributed by atoms with Gasteiger partial charge >= 0.3 is 0 Å². The second-order valence-corrected chi connectivity index (χ2v) is 7.98. The normalized spacial score (nSPS) is 34.3. The van der Waals surface area contributed by atoms with E-state index >= 15 is 0 Å². The van der Waals surface area contributed by atoms with Gasteiger partial charge in [0.05, 0.1) is 0 Å². The standard InChI is InChI=1S/C20H25NO/c1-19(2)16-10-11-20(19,3)18(22)15(16)13-21-12-6-8-14-7-4-5-9-17(14)21/h4-5,7,9,13,16H,6,8,10-12H2,1-3H3/b15-13+/t16-,20-/m1/s1. The average Bonchev–Trinajstić information content (AvgIpc) is 2.82. The highest BCUT2D eigenvalue weighted by atomic mass is 16.1. The van der Waals surface area contributed by atoms with Gasteiger partial charge in [-0.1, -0.05) is 39.0 Å². The molecule has 2 bridgehead atoms. The largest absolute Gasteiger partial charge is 0.347 e. The van der Waals surface area contributed by atoms with Crippen LogP contribution in [0.5, 0.6) is 0 Å². The van der Waals surface area contributed by atoms with Gasteiger partial charge in [-0.3, -0.25) is 4.79 Å². The third kappa shape index (κ3) is 1.64. The molecule has 0 unspecified atom stereocenters. The Labute approximate surface area is 133 Å². The lowest BCUT2D eigenvalue weighted by Crippen LogP contribution is -2.32. The number of hydrogen-bond acceptors (Lipinski definition) is 2. The number of nitrogens with zero attached hydrogens (tertiary/aromatic N) is 1. The highest BCUT2D eigenvalue weighted by Gasteiger charge is 2.64. The van der Waals surface area contributed by atoms with E-state index in [1.54, 1.807) is 0 Å². The van der Waals surface area contributed by atoms with E-state index in [1.165, 1.54) is 17.7 Å². The van der Waals surface area contributed by atoms with Gasteiger partial charge in [-0.05, 0) is 48.6 Å². The molecule has 0 amide bonds. The van der Waals surface area contributed by atoms with E-state index < -0.39 is 0 Å². The monoisotopic (exact) mass is 295 g/mol. The van der Waals surface area contributed by atoms with Crippen LogP contribution in [-0.2, 0) is 11.2 Å². The van der Waals surface area contributed by atoms with E-state index in [-0.39, 0.29) is 10.8 Å². The fraction of sp³-hybridized carbons (Fsp3) is 0.550. The van der Waals surface area contributed by atoms with Crippen LogP contribution in [-0.4, -0.2) is 12.3 Å². The summed E-state index contributed by atoms with van der Waals surface area (Å²) in [5, 5.41) is 0. The zero-order valence-corrected chi connectivity index (χ0v) is 13.9. The first-order valence-corrected chi connectivity index (χ1v) is 8.56. The molecule has 0 spiro atoms. The Bertz CT molecular complexity index is 672. The molecule has 22 heavy (non-hydrogen) atoms. The summed E-state index contributed by atoms with van der Waals surface area (Å²) in [6.45, 7) is 7.78. The fourth-order valence-electron chi connectivity index (χ4n) is 4.94. The van der Waals surface area contributed by atoms with E-state index in [1.807, 2.05) is 0 Å². The first-order chi connectivity index (χ1) is 10.4. The van der Waals surface area contributed by atoms with Crippen LogP contribution in [0.15, 0.2) is 36.0 Å². The van der Waals surface area contributed by atoms with Crippen molar-refractivity contribution in [1.29, 1.82) is 0 Å². The van der Waals surface area contributed by atoms with Gasteiger partial charge in [-0.2, -0.15) is 0 Å². The van der Waals surface area contributed by atoms with Crippen molar-refractivity contribution >= 4 is 11.5 Å². The number of fused-ring (bicyclic) bond motifs is 3. The number of allylic oxidation sites excluding steroid dienone is 1. The number of ketones is 1. The molecule has 0 radical (unpaired) electrons. The Morgan fingerprint density at radius 2 is 2.00 bits per heavy atom. The van der Waals surface area contributed by atoms with Crippen LogP contribution in [0.4, 0.5) is 5.69 Å². The third-order valence-electron chi connectivity index (χ3n) is 6.81. The van der Waals surface area contributed by atoms with Crippen molar-refractivity contribution in [3.63, 3.8) is 0 Å². The Morgan fingerprint density at radius 1 is 1.23 bits per heavy atom. The van der Waals surface area contributed by atoms with Crippen molar-refractivity contribution < 1.29 is 4.79 Å². The van der Waals surface area contributed by atoms with Gasteiger partial charge in [0.25, 0.3) is 0 Å². The molecule has 0 aromatic heterocycles. The first-order valence-electron chi connectivity index (χ1n) is 8.56. The predicted octanol–water partition coefficient (Wildman–Crippen LogP) is 4.35. The summed E-state index contributed by atoms with van der Waals surface area (Å²) in [4.78, 5) is 15.3. The molecule has 2 aliphatic carbocycles. The van der Waals surface area contributed by atoms with Crippen LogP contribution in [0, 0.1) is 16.7 Å². The Morgan fingerprint density at radius 3 is 2.73 bits per heavy atom. The van der Waals surface area contributed by atoms with E-state index in [2.05, 4.69) is 56.1 Å². The van der Waals surface area contributed by atoms with Crippen molar-refractivity contribution in [2.24, 2.45) is 16.7 Å². The van der Waals surface area contributed by atoms with Crippen molar-refractivity contribution in [2.75, 3.05) is 11.4 Å². The highest BCUT2D eigenvalue weighted by molar-refractivity contribution is 6.05. The summed E-state index contributed by atoms with van der Waals surface area (Å²) in [7, 11) is 0. The summed E-state index contributed by atoms with van der Waals surface area (Å²) in [5.74, 6) is 0.830. The molecule has 1 aromatic carbocycles. The fourth-order valence-corrected chi connectivity index (χ4v) is 4.94. The molecule has 1 aromatic rings. The minimum atomic E-state index is -0.154. The van der Waals surface area contributed by atoms with Gasteiger partial charge in [0.1, 0.15) is 0 Å². The van der Waals surface area contributed by atoms with Gasteiger partial charge < -0.3 is 4.90 Å². The Balaban J connectivity index is 1.75. The van der Waals surface area contributed by atoms with Gasteiger partial charge in [0.2, 0.25) is 0 Å². The molecule has 0 saturated heterocycles. The molecule has 2 saturated carbocycles. The minimum absolute atomic E-state index is 0.102. The molecule has 2 atom stereocenters. The van der Waals surface area contributed by atoms with Crippen molar-refractivity contribution in [1.82, 2.24) is 0 Å². The van der Waals surface area contributed by atoms with Gasteiger partial charge in [-0.15, -0.1) is 0 Å². The lowest BCUT2D eigenvalue weighted by Gasteiger charge is -2.31. The average molecular weight is 295 g/mol. The summed E-state index contributed by atoms with van der Waals surface area (Å²) >= 11 is 0. The molecule has 0 N–H and O–H groups in total. The van der Waals surface area contributed by atoms with Gasteiger partial charge in [-0.25, -0.2) is 0 Å². The molecular formula is C20H25NO. The van der Waals surface area contributed by atoms with Crippen molar-refractivity contribution in [2.45, 2.75) is 46.5 Å². The maximum Gasteiger partial charge on any atom is 0.167 e. The Hall–Kier alpha value is -1.57. The number of Topliss-reactive ketones (excluding diaryl/α,β-unsaturated/α-hetero) is 1. The molecule has 2 fully saturated rings. The molecule has 1 aliphatic heterocycles. The molecule has 4 rings (SSSR count).